The van der Waals surface area contributed by atoms with E-state index < -0.39 is 16.1 Å². The monoisotopic (exact) mass is 393 g/mol. The molecule has 3 N–H and O–H groups in total. The third kappa shape index (κ3) is 4.98. The van der Waals surface area contributed by atoms with Gasteiger partial charge in [-0.1, -0.05) is 34.8 Å². The highest BCUT2D eigenvalue weighted by atomic mass is 35.5. The molecule has 0 bridgehead atoms. The van der Waals surface area contributed by atoms with Gasteiger partial charge in [0, 0.05) is 10.7 Å². The SMILES string of the molecule is O=C(NNS(=O)(=O)c1ccc(Cl)cc1)Nc1ccc(Cl)c(Cl)c1. The minimum atomic E-state index is -3.91. The van der Waals surface area contributed by atoms with Gasteiger partial charge in [-0.15, -0.1) is 4.83 Å². The minimum Gasteiger partial charge on any atom is -0.307 e. The second-order valence-electron chi connectivity index (χ2n) is 4.27. The first-order valence-electron chi connectivity index (χ1n) is 6.07. The van der Waals surface area contributed by atoms with Gasteiger partial charge in [-0.3, -0.25) is 5.43 Å². The molecule has 2 aromatic rings. The molecule has 6 nitrogen and oxygen atoms in total. The van der Waals surface area contributed by atoms with Gasteiger partial charge < -0.3 is 5.32 Å². The predicted octanol–water partition coefficient (Wildman–Crippen LogP) is 3.66. The van der Waals surface area contributed by atoms with Crippen molar-refractivity contribution in [2.45, 2.75) is 4.90 Å². The van der Waals surface area contributed by atoms with Gasteiger partial charge in [0.15, 0.2) is 0 Å². The Balaban J connectivity index is 1.98. The van der Waals surface area contributed by atoms with E-state index in [4.69, 9.17) is 34.8 Å². The van der Waals surface area contributed by atoms with Crippen LogP contribution >= 0.6 is 34.8 Å². The number of carbonyl (C=O) groups is 1. The lowest BCUT2D eigenvalue weighted by atomic mass is 10.3. The number of sulfonamides is 1. The fourth-order valence-corrected chi connectivity index (χ4v) is 2.79. The number of carbonyl (C=O) groups excluding carboxylic acids is 1. The van der Waals surface area contributed by atoms with Crippen LogP contribution in [0.3, 0.4) is 0 Å². The van der Waals surface area contributed by atoms with E-state index in [0.717, 1.165) is 0 Å². The fraction of sp³-hybridized carbons (Fsp3) is 0. The van der Waals surface area contributed by atoms with Crippen molar-refractivity contribution >= 4 is 56.5 Å². The van der Waals surface area contributed by atoms with E-state index in [1.807, 2.05) is 10.3 Å². The van der Waals surface area contributed by atoms with Crippen molar-refractivity contribution in [3.05, 3.63) is 57.5 Å². The molecular weight excluding hydrogens is 385 g/mol. The summed E-state index contributed by atoms with van der Waals surface area (Å²) in [6.07, 6.45) is 0. The summed E-state index contributed by atoms with van der Waals surface area (Å²) >= 11 is 17.3. The van der Waals surface area contributed by atoms with Crippen molar-refractivity contribution in [3.63, 3.8) is 0 Å². The minimum absolute atomic E-state index is 0.0447. The molecule has 2 amide bonds. The van der Waals surface area contributed by atoms with Crippen LogP contribution < -0.4 is 15.6 Å². The Labute approximate surface area is 147 Å². The van der Waals surface area contributed by atoms with Gasteiger partial charge in [-0.05, 0) is 42.5 Å². The Kier molecular flexibility index (Phi) is 5.72. The number of hydrazine groups is 1. The smallest absolute Gasteiger partial charge is 0.307 e. The number of halogens is 3. The van der Waals surface area contributed by atoms with E-state index in [-0.39, 0.29) is 9.92 Å². The number of anilines is 1. The Morgan fingerprint density at radius 2 is 1.57 bits per heavy atom. The van der Waals surface area contributed by atoms with E-state index >= 15 is 0 Å². The van der Waals surface area contributed by atoms with Crippen molar-refractivity contribution in [1.82, 2.24) is 10.3 Å². The standard InChI is InChI=1S/C13H10Cl3N3O3S/c14-8-1-4-10(5-2-8)23(21,22)19-18-13(20)17-9-3-6-11(15)12(16)7-9/h1-7,19H,(H2,17,18,20). The molecule has 0 saturated carbocycles. The molecule has 0 aliphatic carbocycles. The van der Waals surface area contributed by atoms with Gasteiger partial charge in [0.05, 0.1) is 14.9 Å². The Morgan fingerprint density at radius 1 is 0.913 bits per heavy atom. The summed E-state index contributed by atoms with van der Waals surface area (Å²) in [5.41, 5.74) is 2.37. The summed E-state index contributed by atoms with van der Waals surface area (Å²) in [4.78, 5) is 13.6. The quantitative estimate of drug-likeness (QED) is 0.692. The van der Waals surface area contributed by atoms with E-state index in [0.29, 0.717) is 15.7 Å². The van der Waals surface area contributed by atoms with Crippen molar-refractivity contribution in [3.8, 4) is 0 Å². The van der Waals surface area contributed by atoms with Crippen LogP contribution in [0.4, 0.5) is 10.5 Å². The van der Waals surface area contributed by atoms with Gasteiger partial charge in [0.2, 0.25) is 0 Å². The first-order valence-corrected chi connectivity index (χ1v) is 8.69. The number of hydrogen-bond donors (Lipinski definition) is 3. The number of nitrogens with one attached hydrogen (secondary N) is 3. The van der Waals surface area contributed by atoms with Gasteiger partial charge in [-0.2, -0.15) is 0 Å². The zero-order valence-corrected chi connectivity index (χ0v) is 14.4. The van der Waals surface area contributed by atoms with Crippen molar-refractivity contribution in [1.29, 1.82) is 0 Å². The zero-order chi connectivity index (χ0) is 17.0. The molecule has 0 atom stereocenters. The maximum Gasteiger partial charge on any atom is 0.334 e. The molecule has 0 unspecified atom stereocenters. The van der Waals surface area contributed by atoms with Gasteiger partial charge in [0.25, 0.3) is 10.0 Å². The largest absolute Gasteiger partial charge is 0.334 e. The lowest BCUT2D eigenvalue weighted by molar-refractivity contribution is 0.250. The van der Waals surface area contributed by atoms with E-state index in [1.165, 1.54) is 42.5 Å². The van der Waals surface area contributed by atoms with Crippen LogP contribution in [0, 0.1) is 0 Å². The highest BCUT2D eigenvalue weighted by Gasteiger charge is 2.15. The lowest BCUT2D eigenvalue weighted by Crippen LogP contribution is -2.43. The molecular formula is C13H10Cl3N3O3S. The van der Waals surface area contributed by atoms with E-state index in [2.05, 4.69) is 5.32 Å². The van der Waals surface area contributed by atoms with Crippen LogP contribution in [-0.4, -0.2) is 14.4 Å². The summed E-state index contributed by atoms with van der Waals surface area (Å²) in [6, 6.07) is 9.11. The van der Waals surface area contributed by atoms with Crippen LogP contribution in [0.25, 0.3) is 0 Å². The molecule has 0 aliphatic heterocycles. The molecule has 0 radical (unpaired) electrons. The molecule has 23 heavy (non-hydrogen) atoms. The second-order valence-corrected chi connectivity index (χ2v) is 7.20. The summed E-state index contributed by atoms with van der Waals surface area (Å²) in [5.74, 6) is 0. The fourth-order valence-electron chi connectivity index (χ4n) is 1.52. The normalized spacial score (nSPS) is 11.1. The topological polar surface area (TPSA) is 87.3 Å². The van der Waals surface area contributed by atoms with Crippen LogP contribution in [0.1, 0.15) is 0 Å². The van der Waals surface area contributed by atoms with Crippen LogP contribution in [0.15, 0.2) is 47.4 Å². The Bertz CT molecular complexity index is 826. The average molecular weight is 395 g/mol. The van der Waals surface area contributed by atoms with E-state index in [9.17, 15) is 13.2 Å². The number of amides is 2. The van der Waals surface area contributed by atoms with E-state index in [1.54, 1.807) is 0 Å². The highest BCUT2D eigenvalue weighted by molar-refractivity contribution is 7.89. The molecule has 2 rings (SSSR count). The van der Waals surface area contributed by atoms with Crippen molar-refractivity contribution in [2.75, 3.05) is 5.32 Å². The summed E-state index contributed by atoms with van der Waals surface area (Å²) in [7, 11) is -3.91. The summed E-state index contributed by atoms with van der Waals surface area (Å²) in [6.45, 7) is 0. The molecule has 0 fully saturated rings. The second kappa shape index (κ2) is 7.37. The predicted molar refractivity (Wildman–Crippen MR) is 90.4 cm³/mol. The van der Waals surface area contributed by atoms with Crippen molar-refractivity contribution < 1.29 is 13.2 Å². The van der Waals surface area contributed by atoms with Crippen LogP contribution in [-0.2, 0) is 10.0 Å². The first kappa shape index (κ1) is 17.8. The number of urea groups is 1. The third-order valence-corrected chi connectivity index (χ3v) is 4.85. The molecule has 2 aromatic carbocycles. The zero-order valence-electron chi connectivity index (χ0n) is 11.3. The van der Waals surface area contributed by atoms with Crippen LogP contribution in [0.2, 0.25) is 15.1 Å². The summed E-state index contributed by atoms with van der Waals surface area (Å²) < 4.78 is 23.9. The van der Waals surface area contributed by atoms with Gasteiger partial charge in [-0.25, -0.2) is 13.2 Å². The molecule has 10 heteroatoms. The highest BCUT2D eigenvalue weighted by Crippen LogP contribution is 2.24. The maximum atomic E-state index is 12.0. The Hall–Kier alpha value is -1.51. The molecule has 122 valence electrons. The molecule has 0 aliphatic rings. The van der Waals surface area contributed by atoms with Gasteiger partial charge >= 0.3 is 6.03 Å². The molecule has 0 aromatic heterocycles. The van der Waals surface area contributed by atoms with Crippen molar-refractivity contribution in [2.24, 2.45) is 0 Å². The molecule has 0 saturated heterocycles. The maximum absolute atomic E-state index is 12.0. The molecule has 0 heterocycles. The summed E-state index contributed by atoms with van der Waals surface area (Å²) in [5, 5.41) is 3.39. The lowest BCUT2D eigenvalue weighted by Gasteiger charge is -2.10. The van der Waals surface area contributed by atoms with Gasteiger partial charge in [0.1, 0.15) is 0 Å². The number of benzene rings is 2. The average Bonchev–Trinajstić information content (AvgIpc) is 2.50. The number of rotatable bonds is 4. The third-order valence-electron chi connectivity index (χ3n) is 2.60. The van der Waals surface area contributed by atoms with Crippen LogP contribution in [0.5, 0.6) is 0 Å². The molecule has 0 spiro atoms. The number of hydrogen-bond acceptors (Lipinski definition) is 3. The Morgan fingerprint density at radius 3 is 2.17 bits per heavy atom. The first-order chi connectivity index (χ1) is 10.8.